The molecule has 2 fully saturated rings. The van der Waals surface area contributed by atoms with Gasteiger partial charge in [-0.25, -0.2) is 0 Å². The normalized spacial score (nSPS) is 26.4. The molecule has 2 aliphatic heterocycles. The minimum Gasteiger partial charge on any atom is -0.508 e. The minimum absolute atomic E-state index is 0.0608. The number of hydrogen-bond donors (Lipinski definition) is 2. The Bertz CT molecular complexity index is 559. The standard InChI is InChI=1S/C15H18Cl2N2O2/c16-11-1-2-12(20)14(15(11)17)9-4-6-19(13(21)7-9)10-3-5-18-8-10/h1-2,9-10,18,20H,3-8H2/t9-,10-/m0/s1. The summed E-state index contributed by atoms with van der Waals surface area (Å²) in [4.78, 5) is 14.4. The van der Waals surface area contributed by atoms with Gasteiger partial charge in [-0.2, -0.15) is 0 Å². The second kappa shape index (κ2) is 6.03. The maximum atomic E-state index is 12.4. The number of carbonyl (C=O) groups excluding carboxylic acids is 1. The SMILES string of the molecule is O=C1C[C@@H](c2c(O)ccc(Cl)c2Cl)CCN1[C@H]1CCNC1. The smallest absolute Gasteiger partial charge is 0.223 e. The summed E-state index contributed by atoms with van der Waals surface area (Å²) in [5.41, 5.74) is 0.613. The zero-order valence-corrected chi connectivity index (χ0v) is 13.1. The Morgan fingerprint density at radius 2 is 2.10 bits per heavy atom. The van der Waals surface area contributed by atoms with Gasteiger partial charge in [0.2, 0.25) is 5.91 Å². The van der Waals surface area contributed by atoms with Gasteiger partial charge in [0.05, 0.1) is 10.0 Å². The predicted octanol–water partition coefficient (Wildman–Crippen LogP) is 2.77. The fourth-order valence-electron chi connectivity index (χ4n) is 3.33. The lowest BCUT2D eigenvalue weighted by atomic mass is 9.87. The Morgan fingerprint density at radius 1 is 1.29 bits per heavy atom. The molecular weight excluding hydrogens is 311 g/mol. The summed E-state index contributed by atoms with van der Waals surface area (Å²) in [7, 11) is 0. The van der Waals surface area contributed by atoms with E-state index in [1.807, 2.05) is 4.90 Å². The Labute approximate surface area is 134 Å². The molecule has 1 aromatic carbocycles. The largest absolute Gasteiger partial charge is 0.508 e. The Hall–Kier alpha value is -0.970. The molecule has 0 unspecified atom stereocenters. The molecule has 114 valence electrons. The first-order valence-corrected chi connectivity index (χ1v) is 8.00. The highest BCUT2D eigenvalue weighted by Crippen LogP contribution is 2.42. The third-order valence-electron chi connectivity index (χ3n) is 4.45. The van der Waals surface area contributed by atoms with Gasteiger partial charge in [0.25, 0.3) is 0 Å². The van der Waals surface area contributed by atoms with E-state index in [9.17, 15) is 9.90 Å². The van der Waals surface area contributed by atoms with Crippen LogP contribution in [-0.2, 0) is 4.79 Å². The first kappa shape index (κ1) is 14.9. The molecule has 0 saturated carbocycles. The molecule has 1 aromatic rings. The van der Waals surface area contributed by atoms with Crippen molar-refractivity contribution in [1.82, 2.24) is 10.2 Å². The summed E-state index contributed by atoms with van der Waals surface area (Å²) in [6.45, 7) is 2.55. The van der Waals surface area contributed by atoms with Gasteiger partial charge in [-0.3, -0.25) is 4.79 Å². The summed E-state index contributed by atoms with van der Waals surface area (Å²) in [6.07, 6.45) is 2.19. The van der Waals surface area contributed by atoms with E-state index in [-0.39, 0.29) is 17.6 Å². The average Bonchev–Trinajstić information content (AvgIpc) is 2.97. The zero-order chi connectivity index (χ0) is 15.0. The number of halogens is 2. The number of piperidine rings is 1. The first-order valence-electron chi connectivity index (χ1n) is 7.25. The van der Waals surface area contributed by atoms with Crippen molar-refractivity contribution in [1.29, 1.82) is 0 Å². The molecule has 0 radical (unpaired) electrons. The van der Waals surface area contributed by atoms with E-state index in [0.717, 1.165) is 25.9 Å². The Balaban J connectivity index is 1.78. The maximum absolute atomic E-state index is 12.4. The minimum atomic E-state index is -0.0608. The van der Waals surface area contributed by atoms with Gasteiger partial charge in [0.15, 0.2) is 0 Å². The van der Waals surface area contributed by atoms with Crippen molar-refractivity contribution < 1.29 is 9.90 Å². The number of nitrogens with zero attached hydrogens (tertiary/aromatic N) is 1. The molecule has 0 bridgehead atoms. The van der Waals surface area contributed by atoms with Crippen molar-refractivity contribution in [3.8, 4) is 5.75 Å². The number of hydrogen-bond acceptors (Lipinski definition) is 3. The molecule has 2 atom stereocenters. The molecule has 2 saturated heterocycles. The van der Waals surface area contributed by atoms with Crippen molar-refractivity contribution >= 4 is 29.1 Å². The van der Waals surface area contributed by atoms with Gasteiger partial charge in [-0.1, -0.05) is 23.2 Å². The monoisotopic (exact) mass is 328 g/mol. The maximum Gasteiger partial charge on any atom is 0.223 e. The van der Waals surface area contributed by atoms with Crippen LogP contribution in [0.3, 0.4) is 0 Å². The summed E-state index contributed by atoms with van der Waals surface area (Å²) < 4.78 is 0. The first-order chi connectivity index (χ1) is 10.1. The highest BCUT2D eigenvalue weighted by atomic mass is 35.5. The average molecular weight is 329 g/mol. The Kier molecular flexibility index (Phi) is 4.29. The van der Waals surface area contributed by atoms with Crippen LogP contribution in [0.2, 0.25) is 10.0 Å². The molecule has 21 heavy (non-hydrogen) atoms. The van der Waals surface area contributed by atoms with Gasteiger partial charge in [-0.15, -0.1) is 0 Å². The number of nitrogens with one attached hydrogen (secondary N) is 1. The fourth-order valence-corrected chi connectivity index (χ4v) is 3.81. The van der Waals surface area contributed by atoms with Crippen LogP contribution in [0.25, 0.3) is 0 Å². The lowest BCUT2D eigenvalue weighted by Crippen LogP contribution is -2.45. The van der Waals surface area contributed by atoms with Crippen LogP contribution in [0.5, 0.6) is 5.75 Å². The van der Waals surface area contributed by atoms with Crippen LogP contribution >= 0.6 is 23.2 Å². The summed E-state index contributed by atoms with van der Waals surface area (Å²) in [6, 6.07) is 3.42. The number of amides is 1. The Morgan fingerprint density at radius 3 is 2.76 bits per heavy atom. The molecule has 0 aromatic heterocycles. The third-order valence-corrected chi connectivity index (χ3v) is 5.27. The van der Waals surface area contributed by atoms with Crippen LogP contribution in [0.1, 0.15) is 30.7 Å². The van der Waals surface area contributed by atoms with Crippen molar-refractivity contribution in [2.45, 2.75) is 31.2 Å². The summed E-state index contributed by atoms with van der Waals surface area (Å²) in [5, 5.41) is 14.1. The number of rotatable bonds is 2. The molecule has 2 heterocycles. The van der Waals surface area contributed by atoms with Crippen molar-refractivity contribution in [2.75, 3.05) is 19.6 Å². The predicted molar refractivity (Wildman–Crippen MR) is 83.1 cm³/mol. The number of likely N-dealkylation sites (tertiary alicyclic amines) is 1. The van der Waals surface area contributed by atoms with Gasteiger partial charge in [-0.05, 0) is 37.4 Å². The lowest BCUT2D eigenvalue weighted by Gasteiger charge is -2.36. The highest BCUT2D eigenvalue weighted by molar-refractivity contribution is 6.42. The quantitative estimate of drug-likeness (QED) is 0.877. The highest BCUT2D eigenvalue weighted by Gasteiger charge is 2.34. The second-order valence-corrected chi connectivity index (χ2v) is 6.50. The van der Waals surface area contributed by atoms with Crippen LogP contribution in [0.4, 0.5) is 0 Å². The molecule has 2 N–H and O–H groups in total. The van der Waals surface area contributed by atoms with E-state index in [1.165, 1.54) is 0 Å². The topological polar surface area (TPSA) is 52.6 Å². The van der Waals surface area contributed by atoms with Crippen LogP contribution in [0.15, 0.2) is 12.1 Å². The van der Waals surface area contributed by atoms with E-state index < -0.39 is 0 Å². The number of phenolic OH excluding ortho intramolecular Hbond substituents is 1. The molecule has 1 amide bonds. The molecule has 4 nitrogen and oxygen atoms in total. The summed E-state index contributed by atoms with van der Waals surface area (Å²) in [5.74, 6) is 0.197. The number of carbonyl (C=O) groups is 1. The molecular formula is C15H18Cl2N2O2. The summed E-state index contributed by atoms with van der Waals surface area (Å²) >= 11 is 12.2. The van der Waals surface area contributed by atoms with E-state index >= 15 is 0 Å². The van der Waals surface area contributed by atoms with Crippen LogP contribution < -0.4 is 5.32 Å². The van der Waals surface area contributed by atoms with Crippen molar-refractivity contribution in [3.63, 3.8) is 0 Å². The number of phenols is 1. The molecule has 0 aliphatic carbocycles. The van der Waals surface area contributed by atoms with E-state index in [0.29, 0.717) is 34.6 Å². The third kappa shape index (κ3) is 2.85. The van der Waals surface area contributed by atoms with Crippen LogP contribution in [0, 0.1) is 0 Å². The van der Waals surface area contributed by atoms with E-state index in [1.54, 1.807) is 12.1 Å². The van der Waals surface area contributed by atoms with Crippen molar-refractivity contribution in [2.24, 2.45) is 0 Å². The lowest BCUT2D eigenvalue weighted by molar-refractivity contribution is -0.136. The molecule has 0 spiro atoms. The molecule has 2 aliphatic rings. The second-order valence-electron chi connectivity index (χ2n) is 5.72. The van der Waals surface area contributed by atoms with Gasteiger partial charge >= 0.3 is 0 Å². The van der Waals surface area contributed by atoms with Gasteiger partial charge in [0, 0.05) is 31.1 Å². The van der Waals surface area contributed by atoms with Crippen LogP contribution in [-0.4, -0.2) is 41.6 Å². The fraction of sp³-hybridized carbons (Fsp3) is 0.533. The zero-order valence-electron chi connectivity index (χ0n) is 11.6. The molecule has 6 heteroatoms. The van der Waals surface area contributed by atoms with Crippen molar-refractivity contribution in [3.05, 3.63) is 27.7 Å². The number of aromatic hydroxyl groups is 1. The van der Waals surface area contributed by atoms with E-state index in [2.05, 4.69) is 5.32 Å². The molecule has 3 rings (SSSR count). The van der Waals surface area contributed by atoms with Gasteiger partial charge in [0.1, 0.15) is 5.75 Å². The van der Waals surface area contributed by atoms with Gasteiger partial charge < -0.3 is 15.3 Å². The number of benzene rings is 1. The van der Waals surface area contributed by atoms with E-state index in [4.69, 9.17) is 23.2 Å².